The van der Waals surface area contributed by atoms with Crippen molar-refractivity contribution in [2.24, 2.45) is 0 Å². The third kappa shape index (κ3) is 1.17. The van der Waals surface area contributed by atoms with Gasteiger partial charge in [0.1, 0.15) is 0 Å². The van der Waals surface area contributed by atoms with Crippen molar-refractivity contribution in [2.45, 2.75) is 6.40 Å². The Hall–Kier alpha value is -2.15. The average molecular weight is 218 g/mol. The summed E-state index contributed by atoms with van der Waals surface area (Å²) in [4.78, 5) is 4.70. The molecule has 1 nitrogen and oxygen atoms in total. The van der Waals surface area contributed by atoms with Crippen molar-refractivity contribution < 1.29 is 1.37 Å². The average Bonchev–Trinajstić information content (AvgIpc) is 2.78. The normalized spacial score (nSPS) is 17.6. The minimum Gasteiger partial charge on any atom is -0.247 e. The summed E-state index contributed by atoms with van der Waals surface area (Å²) in [7, 11) is 0. The number of hydrogen-bond donors (Lipinski definition) is 0. The van der Waals surface area contributed by atoms with Crippen molar-refractivity contribution in [1.82, 2.24) is 4.98 Å². The van der Waals surface area contributed by atoms with E-state index in [2.05, 4.69) is 12.1 Å². The molecule has 0 saturated heterocycles. The lowest BCUT2D eigenvalue weighted by atomic mass is 10.1. The molecule has 0 saturated carbocycles. The maximum Gasteiger partial charge on any atom is 0.0754 e. The summed E-state index contributed by atoms with van der Waals surface area (Å²) in [6.45, 7) is 0. The van der Waals surface area contributed by atoms with Crippen LogP contribution < -0.4 is 0 Å². The van der Waals surface area contributed by atoms with E-state index in [1.54, 1.807) is 0 Å². The Bertz CT molecular complexity index is 720. The minimum absolute atomic E-state index is 0.302. The molecule has 80 valence electrons. The highest BCUT2D eigenvalue weighted by Gasteiger charge is 2.25. The van der Waals surface area contributed by atoms with Gasteiger partial charge in [0.15, 0.2) is 0 Å². The van der Waals surface area contributed by atoms with Gasteiger partial charge in [0, 0.05) is 18.9 Å². The minimum atomic E-state index is -0.302. The van der Waals surface area contributed by atoms with Crippen LogP contribution in [0.4, 0.5) is 0 Å². The molecule has 3 aliphatic rings. The molecule has 0 N–H and O–H groups in total. The summed E-state index contributed by atoms with van der Waals surface area (Å²) >= 11 is 0. The molecule has 1 aliphatic heterocycles. The van der Waals surface area contributed by atoms with Crippen molar-refractivity contribution in [2.75, 3.05) is 0 Å². The molecule has 0 bridgehead atoms. The van der Waals surface area contributed by atoms with E-state index in [-0.39, 0.29) is 6.40 Å². The molecule has 1 atom stereocenters. The molecule has 1 heterocycles. The third-order valence-electron chi connectivity index (χ3n) is 3.31. The van der Waals surface area contributed by atoms with Crippen LogP contribution in [0.2, 0.25) is 0 Å². The lowest BCUT2D eigenvalue weighted by Crippen LogP contribution is -1.82. The van der Waals surface area contributed by atoms with Gasteiger partial charge in [-0.2, -0.15) is 0 Å². The molecule has 4 rings (SSSR count). The Morgan fingerprint density at radius 1 is 0.882 bits per heavy atom. The molecule has 17 heavy (non-hydrogen) atoms. The molecule has 1 aromatic rings. The van der Waals surface area contributed by atoms with E-state index >= 15 is 0 Å². The molecular formula is C16H11N. The predicted molar refractivity (Wildman–Crippen MR) is 69.1 cm³/mol. The maximum absolute atomic E-state index is 8.42. The van der Waals surface area contributed by atoms with E-state index in [0.29, 0.717) is 0 Å². The summed E-state index contributed by atoms with van der Waals surface area (Å²) in [5, 5.41) is 0. The summed E-state index contributed by atoms with van der Waals surface area (Å²) in [6.07, 6.45) is -0.302. The molecule has 0 fully saturated rings. The van der Waals surface area contributed by atoms with Crippen LogP contribution in [0.3, 0.4) is 0 Å². The number of benzene rings is 1. The third-order valence-corrected chi connectivity index (χ3v) is 3.31. The first-order chi connectivity index (χ1) is 8.86. The van der Waals surface area contributed by atoms with Crippen molar-refractivity contribution in [1.29, 1.82) is 0 Å². The number of nitrogens with zero attached hydrogens (tertiary/aromatic N) is 1. The van der Waals surface area contributed by atoms with Gasteiger partial charge in [0.05, 0.1) is 11.4 Å². The molecule has 0 radical (unpaired) electrons. The van der Waals surface area contributed by atoms with Crippen LogP contribution in [0.1, 0.15) is 12.5 Å². The number of rotatable bonds is 0. The summed E-state index contributed by atoms with van der Waals surface area (Å²) in [5.74, 6) is 0. The summed E-state index contributed by atoms with van der Waals surface area (Å²) in [5.41, 5.74) is 6.33. The highest BCUT2D eigenvalue weighted by Crippen LogP contribution is 2.42. The molecular weight excluding hydrogens is 206 g/mol. The monoisotopic (exact) mass is 218 g/mol. The van der Waals surface area contributed by atoms with Crippen LogP contribution in [0, 0.1) is 0 Å². The largest absolute Gasteiger partial charge is 0.247 e. The Kier molecular flexibility index (Phi) is 1.50. The number of aromatic nitrogens is 1. The fraction of sp³-hybridized carbons (Fsp3) is 0.0625. The van der Waals surface area contributed by atoms with Crippen LogP contribution in [-0.4, -0.2) is 4.98 Å². The smallest absolute Gasteiger partial charge is 0.0754 e. The van der Waals surface area contributed by atoms with Gasteiger partial charge in [-0.05, 0) is 17.2 Å². The van der Waals surface area contributed by atoms with E-state index < -0.39 is 0 Å². The van der Waals surface area contributed by atoms with Crippen LogP contribution in [0.5, 0.6) is 0 Å². The van der Waals surface area contributed by atoms with Crippen molar-refractivity contribution in [3.05, 3.63) is 65.7 Å². The molecule has 2 aliphatic carbocycles. The van der Waals surface area contributed by atoms with Crippen LogP contribution in [0.25, 0.3) is 22.5 Å². The Labute approximate surface area is 102 Å². The van der Waals surface area contributed by atoms with Gasteiger partial charge in [-0.1, -0.05) is 48.5 Å². The van der Waals surface area contributed by atoms with Crippen molar-refractivity contribution in [3.63, 3.8) is 0 Å². The zero-order chi connectivity index (χ0) is 12.1. The first-order valence-electron chi connectivity index (χ1n) is 6.34. The van der Waals surface area contributed by atoms with E-state index in [9.17, 15) is 0 Å². The summed E-state index contributed by atoms with van der Waals surface area (Å²) < 4.78 is 8.42. The summed E-state index contributed by atoms with van der Waals surface area (Å²) in [6, 6.07) is 18.2. The standard InChI is InChI=1S/C16H11N/c1-2-8-13-14-10-11-6-4-5-7-12(11)16(14)17-15(13)9-3-1/h1-9H,10H2/i10D. The second kappa shape index (κ2) is 3.17. The van der Waals surface area contributed by atoms with Crippen molar-refractivity contribution >= 4 is 0 Å². The zero-order valence-electron chi connectivity index (χ0n) is 10.2. The second-order valence-corrected chi connectivity index (χ2v) is 4.32. The van der Waals surface area contributed by atoms with Gasteiger partial charge < -0.3 is 0 Å². The van der Waals surface area contributed by atoms with Crippen LogP contribution >= 0.6 is 0 Å². The number of hydrogen-bond acceptors (Lipinski definition) is 1. The highest BCUT2D eigenvalue weighted by molar-refractivity contribution is 5.84. The SMILES string of the molecule is [2H]C1c2ccccc2-c2nc3cccccc-3c21. The van der Waals surface area contributed by atoms with Gasteiger partial charge >= 0.3 is 0 Å². The molecule has 0 aromatic heterocycles. The van der Waals surface area contributed by atoms with E-state index in [1.807, 2.05) is 42.5 Å². The molecule has 0 spiro atoms. The lowest BCUT2D eigenvalue weighted by Gasteiger charge is -1.98. The molecule has 1 aromatic carbocycles. The van der Waals surface area contributed by atoms with E-state index in [1.165, 1.54) is 0 Å². The Morgan fingerprint density at radius 3 is 2.65 bits per heavy atom. The van der Waals surface area contributed by atoms with Gasteiger partial charge in [-0.3, -0.25) is 0 Å². The van der Waals surface area contributed by atoms with E-state index in [4.69, 9.17) is 6.35 Å². The highest BCUT2D eigenvalue weighted by atomic mass is 14.8. The fourth-order valence-corrected chi connectivity index (χ4v) is 2.52. The van der Waals surface area contributed by atoms with Gasteiger partial charge in [-0.15, -0.1) is 0 Å². The molecule has 1 heteroatoms. The first-order valence-corrected chi connectivity index (χ1v) is 5.76. The van der Waals surface area contributed by atoms with Gasteiger partial charge in [0.2, 0.25) is 0 Å². The topological polar surface area (TPSA) is 12.9 Å². The predicted octanol–water partition coefficient (Wildman–Crippen LogP) is 3.76. The zero-order valence-corrected chi connectivity index (χ0v) is 9.22. The van der Waals surface area contributed by atoms with Crippen molar-refractivity contribution in [3.8, 4) is 22.5 Å². The second-order valence-electron chi connectivity index (χ2n) is 4.32. The maximum atomic E-state index is 8.42. The Balaban J connectivity index is 2.11. The molecule has 0 amide bonds. The van der Waals surface area contributed by atoms with Gasteiger partial charge in [-0.25, -0.2) is 4.98 Å². The molecule has 1 unspecified atom stereocenters. The fourth-order valence-electron chi connectivity index (χ4n) is 2.52. The van der Waals surface area contributed by atoms with Crippen LogP contribution in [0.15, 0.2) is 54.6 Å². The van der Waals surface area contributed by atoms with E-state index in [0.717, 1.165) is 33.6 Å². The lowest BCUT2D eigenvalue weighted by molar-refractivity contribution is 1.27. The van der Waals surface area contributed by atoms with Gasteiger partial charge in [0.25, 0.3) is 0 Å². The Morgan fingerprint density at radius 2 is 1.65 bits per heavy atom. The first kappa shape index (κ1) is 8.02. The van der Waals surface area contributed by atoms with Crippen LogP contribution in [-0.2, 0) is 6.40 Å². The number of fused-ring (bicyclic) bond motifs is 5. The quantitative estimate of drug-likeness (QED) is 0.560.